The second-order valence-corrected chi connectivity index (χ2v) is 10.2. The van der Waals surface area contributed by atoms with Crippen LogP contribution in [0, 0.1) is 19.8 Å². The Morgan fingerprint density at radius 3 is 2.54 bits per heavy atom. The minimum atomic E-state index is 0.558. The van der Waals surface area contributed by atoms with E-state index in [0.717, 1.165) is 23.2 Å². The summed E-state index contributed by atoms with van der Waals surface area (Å²) in [6, 6.07) is 0.558. The molecule has 0 aromatic carbocycles. The lowest BCUT2D eigenvalue weighted by Gasteiger charge is -2.34. The number of hydrogen-bond acceptors (Lipinski definition) is 5. The van der Waals surface area contributed by atoms with Crippen molar-refractivity contribution in [1.29, 1.82) is 0 Å². The molecule has 1 fully saturated rings. The summed E-state index contributed by atoms with van der Waals surface area (Å²) < 4.78 is 1.31. The Bertz CT molecular complexity index is 653. The first kappa shape index (κ1) is 20.1. The molecule has 2 heterocycles. The SMILES string of the molecule is CCCCC(CC)CN(Oc1nc2c(C)sc(C)c2s1)C1CCCCC1. The third-order valence-electron chi connectivity index (χ3n) is 5.73. The first-order valence-electron chi connectivity index (χ1n) is 10.4. The molecule has 1 unspecified atom stereocenters. The van der Waals surface area contributed by atoms with Crippen LogP contribution in [0.1, 0.15) is 81.4 Å². The molecule has 1 aliphatic carbocycles. The lowest BCUT2D eigenvalue weighted by atomic mass is 9.93. The van der Waals surface area contributed by atoms with Crippen molar-refractivity contribution in [2.75, 3.05) is 6.54 Å². The van der Waals surface area contributed by atoms with Gasteiger partial charge < -0.3 is 4.84 Å². The first-order chi connectivity index (χ1) is 12.6. The fourth-order valence-electron chi connectivity index (χ4n) is 4.04. The van der Waals surface area contributed by atoms with Gasteiger partial charge in [0, 0.05) is 22.3 Å². The Morgan fingerprint density at radius 1 is 1.12 bits per heavy atom. The van der Waals surface area contributed by atoms with Crippen LogP contribution in [0.15, 0.2) is 0 Å². The molecule has 0 radical (unpaired) electrons. The summed E-state index contributed by atoms with van der Waals surface area (Å²) in [4.78, 5) is 14.0. The van der Waals surface area contributed by atoms with Gasteiger partial charge in [-0.2, -0.15) is 0 Å². The summed E-state index contributed by atoms with van der Waals surface area (Å²) in [5.41, 5.74) is 1.15. The molecular weight excluding hydrogens is 360 g/mol. The predicted octanol–water partition coefficient (Wildman–Crippen LogP) is 7.12. The van der Waals surface area contributed by atoms with Gasteiger partial charge in [0.1, 0.15) is 0 Å². The van der Waals surface area contributed by atoms with E-state index in [0.29, 0.717) is 6.04 Å². The Kier molecular flexibility index (Phi) is 7.35. The summed E-state index contributed by atoms with van der Waals surface area (Å²) in [7, 11) is 0. The highest BCUT2D eigenvalue weighted by atomic mass is 32.1. The highest BCUT2D eigenvalue weighted by Gasteiger charge is 2.26. The Morgan fingerprint density at radius 2 is 1.88 bits per heavy atom. The number of hydroxylamine groups is 2. The van der Waals surface area contributed by atoms with Crippen molar-refractivity contribution >= 4 is 32.9 Å². The number of aryl methyl sites for hydroxylation is 2. The topological polar surface area (TPSA) is 25.4 Å². The smallest absolute Gasteiger partial charge is 0.295 e. The molecule has 5 heteroatoms. The highest BCUT2D eigenvalue weighted by Crippen LogP contribution is 2.38. The summed E-state index contributed by atoms with van der Waals surface area (Å²) in [5, 5.41) is 3.15. The third kappa shape index (κ3) is 4.79. The van der Waals surface area contributed by atoms with E-state index in [4.69, 9.17) is 9.82 Å². The van der Waals surface area contributed by atoms with Crippen molar-refractivity contribution in [1.82, 2.24) is 10.0 Å². The number of fused-ring (bicyclic) bond motifs is 1. The molecule has 0 amide bonds. The molecule has 146 valence electrons. The first-order valence-corrected chi connectivity index (χ1v) is 12.1. The molecule has 0 bridgehead atoms. The van der Waals surface area contributed by atoms with Gasteiger partial charge in [-0.1, -0.05) is 63.7 Å². The number of thiophene rings is 1. The van der Waals surface area contributed by atoms with E-state index in [2.05, 4.69) is 32.8 Å². The van der Waals surface area contributed by atoms with Gasteiger partial charge in [-0.05, 0) is 39.0 Å². The molecule has 26 heavy (non-hydrogen) atoms. The van der Waals surface area contributed by atoms with Crippen LogP contribution in [-0.4, -0.2) is 22.6 Å². The quantitative estimate of drug-likeness (QED) is 0.423. The van der Waals surface area contributed by atoms with Crippen LogP contribution in [0.2, 0.25) is 0 Å². The highest BCUT2D eigenvalue weighted by molar-refractivity contribution is 7.25. The number of rotatable bonds is 9. The van der Waals surface area contributed by atoms with Crippen LogP contribution >= 0.6 is 22.7 Å². The Labute approximate surface area is 166 Å². The zero-order valence-electron chi connectivity index (χ0n) is 16.8. The minimum absolute atomic E-state index is 0.558. The van der Waals surface area contributed by atoms with Crippen LogP contribution in [0.4, 0.5) is 0 Å². The molecule has 3 nitrogen and oxygen atoms in total. The predicted molar refractivity (Wildman–Crippen MR) is 114 cm³/mol. The van der Waals surface area contributed by atoms with Crippen molar-refractivity contribution in [2.45, 2.75) is 91.5 Å². The summed E-state index contributed by atoms with van der Waals surface area (Å²) in [5.74, 6) is 0.723. The standard InChI is InChI=1S/C21H34N2OS2/c1-5-7-11-17(6-2)14-23(18-12-9-8-10-13-18)24-21-22-19-15(3)25-16(4)20(19)26-21/h17-18H,5-14H2,1-4H3. The van der Waals surface area contributed by atoms with E-state index in [1.807, 2.05) is 11.3 Å². The van der Waals surface area contributed by atoms with Crippen LogP contribution in [-0.2, 0) is 0 Å². The van der Waals surface area contributed by atoms with Gasteiger partial charge in [0.2, 0.25) is 0 Å². The van der Waals surface area contributed by atoms with Gasteiger partial charge in [0.25, 0.3) is 5.19 Å². The molecule has 2 aromatic rings. The maximum atomic E-state index is 6.46. The van der Waals surface area contributed by atoms with Crippen LogP contribution in [0.25, 0.3) is 10.2 Å². The molecule has 0 aliphatic heterocycles. The fourth-order valence-corrected chi connectivity index (χ4v) is 6.13. The van der Waals surface area contributed by atoms with E-state index in [-0.39, 0.29) is 0 Å². The Balaban J connectivity index is 1.75. The summed E-state index contributed by atoms with van der Waals surface area (Å²) in [6.45, 7) is 10.0. The van der Waals surface area contributed by atoms with E-state index in [1.54, 1.807) is 11.3 Å². The van der Waals surface area contributed by atoms with E-state index in [9.17, 15) is 0 Å². The van der Waals surface area contributed by atoms with Crippen molar-refractivity contribution in [3.63, 3.8) is 0 Å². The second-order valence-electron chi connectivity index (χ2n) is 7.77. The maximum absolute atomic E-state index is 6.46. The summed E-state index contributed by atoms with van der Waals surface area (Å²) in [6.07, 6.45) is 11.7. The largest absolute Gasteiger partial charge is 0.374 e. The van der Waals surface area contributed by atoms with Gasteiger partial charge in [0.05, 0.1) is 10.2 Å². The van der Waals surface area contributed by atoms with E-state index < -0.39 is 0 Å². The Hall–Kier alpha value is -0.650. The molecule has 3 rings (SSSR count). The number of nitrogens with zero attached hydrogens (tertiary/aromatic N) is 2. The monoisotopic (exact) mass is 394 g/mol. The maximum Gasteiger partial charge on any atom is 0.295 e. The average molecular weight is 395 g/mol. The van der Waals surface area contributed by atoms with Crippen molar-refractivity contribution < 1.29 is 4.84 Å². The van der Waals surface area contributed by atoms with Crippen LogP contribution in [0.5, 0.6) is 5.19 Å². The van der Waals surface area contributed by atoms with Gasteiger partial charge in [-0.3, -0.25) is 0 Å². The summed E-state index contributed by atoms with van der Waals surface area (Å²) >= 11 is 3.57. The van der Waals surface area contributed by atoms with E-state index >= 15 is 0 Å². The molecule has 2 aromatic heterocycles. The van der Waals surface area contributed by atoms with Crippen molar-refractivity contribution in [2.24, 2.45) is 5.92 Å². The van der Waals surface area contributed by atoms with Gasteiger partial charge in [-0.25, -0.2) is 4.98 Å². The van der Waals surface area contributed by atoms with Gasteiger partial charge in [-0.15, -0.1) is 16.4 Å². The van der Waals surface area contributed by atoms with Crippen molar-refractivity contribution in [3.8, 4) is 5.19 Å². The molecule has 0 N–H and O–H groups in total. The second kappa shape index (κ2) is 9.52. The molecular formula is C21H34N2OS2. The molecule has 1 aliphatic rings. The molecule has 0 spiro atoms. The minimum Gasteiger partial charge on any atom is -0.374 e. The lowest BCUT2D eigenvalue weighted by molar-refractivity contribution is -0.115. The van der Waals surface area contributed by atoms with Gasteiger partial charge >= 0.3 is 0 Å². The number of unbranched alkanes of at least 4 members (excludes halogenated alkanes) is 1. The zero-order valence-corrected chi connectivity index (χ0v) is 18.5. The molecule has 1 saturated carbocycles. The fraction of sp³-hybridized carbons (Fsp3) is 0.762. The zero-order chi connectivity index (χ0) is 18.5. The third-order valence-corrected chi connectivity index (χ3v) is 7.91. The van der Waals surface area contributed by atoms with Gasteiger partial charge in [0.15, 0.2) is 0 Å². The number of aromatic nitrogens is 1. The van der Waals surface area contributed by atoms with Crippen molar-refractivity contribution in [3.05, 3.63) is 9.75 Å². The number of thiazole rings is 1. The molecule has 0 saturated heterocycles. The van der Waals surface area contributed by atoms with E-state index in [1.165, 1.54) is 72.2 Å². The van der Waals surface area contributed by atoms with Crippen LogP contribution in [0.3, 0.4) is 0 Å². The molecule has 1 atom stereocenters. The normalized spacial score (nSPS) is 17.3. The number of hydrogen-bond donors (Lipinski definition) is 0. The average Bonchev–Trinajstić information content (AvgIpc) is 3.19. The van der Waals surface area contributed by atoms with Crippen LogP contribution < -0.4 is 4.84 Å². The lowest BCUT2D eigenvalue weighted by Crippen LogP contribution is -2.42.